The van der Waals surface area contributed by atoms with E-state index in [1.54, 1.807) is 72.8 Å². The van der Waals surface area contributed by atoms with Gasteiger partial charge in [0.05, 0.1) is 38.3 Å². The van der Waals surface area contributed by atoms with Crippen LogP contribution in [-0.4, -0.2) is 81.5 Å². The van der Waals surface area contributed by atoms with E-state index in [1.165, 1.54) is 24.5 Å². The monoisotopic (exact) mass is 892 g/mol. The summed E-state index contributed by atoms with van der Waals surface area (Å²) in [7, 11) is -6.51. The minimum absolute atomic E-state index is 0.0542. The normalized spacial score (nSPS) is 18.6. The van der Waals surface area contributed by atoms with Crippen molar-refractivity contribution in [3.63, 3.8) is 0 Å². The topological polar surface area (TPSA) is 192 Å². The van der Waals surface area contributed by atoms with Crippen molar-refractivity contribution in [3.05, 3.63) is 95.7 Å². The lowest BCUT2D eigenvalue weighted by Crippen LogP contribution is -2.26. The third-order valence-corrected chi connectivity index (χ3v) is 17.1. The highest BCUT2D eigenvalue weighted by atomic mass is 32.2. The van der Waals surface area contributed by atoms with Crippen molar-refractivity contribution in [3.8, 4) is 10.8 Å². The number of rotatable bonds is 16. The first kappa shape index (κ1) is 44.6. The van der Waals surface area contributed by atoms with Crippen molar-refractivity contribution in [2.75, 3.05) is 31.7 Å². The molecule has 2 atom stereocenters. The molecule has 8 rings (SSSR count). The average molecular weight is 893 g/mol. The molecule has 1 amide bonds. The van der Waals surface area contributed by atoms with E-state index >= 15 is 0 Å². The largest absolute Gasteiger partial charge is 0.481 e. The summed E-state index contributed by atoms with van der Waals surface area (Å²) in [6.07, 6.45) is 9.16. The highest BCUT2D eigenvalue weighted by molar-refractivity contribution is 7.92. The summed E-state index contributed by atoms with van der Waals surface area (Å²) in [6.45, 7) is 4.23. The quantitative estimate of drug-likeness (QED) is 0.103. The zero-order chi connectivity index (χ0) is 43.1. The molecule has 2 aliphatic carbocycles. The van der Waals surface area contributed by atoms with E-state index < -0.39 is 37.5 Å². The number of benzene rings is 3. The number of ketones is 1. The smallest absolute Gasteiger partial charge is 0.310 e. The summed E-state index contributed by atoms with van der Waals surface area (Å²) in [5, 5.41) is 12.8. The number of nitrogens with one attached hydrogen (secondary N) is 1. The highest BCUT2D eigenvalue weighted by Gasteiger charge is 2.38. The standard InChI is InChI=1S/C28H30N2O6S2.C17H22O5S/c1-18(31)21-3-2-4-22(16-21)36-26-17-29-28(37-26)30-27(32)25(15-19-11-13-35-14-12-19)20-5-7-23(8-6-20)38(33,34)24-9-10-24;18-17(19)16(11-12-7-9-22-10-8-12)13-1-3-14(4-2-13)23(20,21)15-5-6-15/h2-8,16-17,19,24-25H,9-15H2,1H3,(H,29,30,32);1-4,12,15-16H,5-11H2,(H,18,19)/t25-;16-/m11/s1. The highest BCUT2D eigenvalue weighted by Crippen LogP contribution is 2.38. The molecule has 4 fully saturated rings. The van der Waals surface area contributed by atoms with Gasteiger partial charge in [-0.15, -0.1) is 0 Å². The molecule has 0 radical (unpaired) electrons. The number of hydrogen-bond donors (Lipinski definition) is 2. The van der Waals surface area contributed by atoms with Crippen molar-refractivity contribution in [2.45, 2.75) is 103 Å². The molecule has 2 aliphatic heterocycles. The second-order valence-corrected chi connectivity index (χ2v) is 21.8. The first-order valence-electron chi connectivity index (χ1n) is 20.9. The third-order valence-electron chi connectivity index (χ3n) is 11.8. The van der Waals surface area contributed by atoms with Gasteiger partial charge in [-0.05, 0) is 130 Å². The Labute approximate surface area is 361 Å². The maximum Gasteiger partial charge on any atom is 0.310 e. The fourth-order valence-electron chi connectivity index (χ4n) is 7.78. The molecule has 61 heavy (non-hydrogen) atoms. The Morgan fingerprint density at radius 1 is 0.738 bits per heavy atom. The fourth-order valence-corrected chi connectivity index (χ4v) is 11.8. The van der Waals surface area contributed by atoms with E-state index in [2.05, 4.69) is 10.3 Å². The number of sulfone groups is 2. The van der Waals surface area contributed by atoms with Crippen LogP contribution in [0, 0.1) is 11.8 Å². The van der Waals surface area contributed by atoms with E-state index in [0.717, 1.165) is 44.1 Å². The Morgan fingerprint density at radius 3 is 1.70 bits per heavy atom. The number of carboxylic acids is 1. The molecule has 2 N–H and O–H groups in total. The Balaban J connectivity index is 0.000000208. The number of carboxylic acid groups (broad SMARTS) is 1. The van der Waals surface area contributed by atoms with Gasteiger partial charge in [-0.3, -0.25) is 14.4 Å². The molecule has 0 spiro atoms. The number of aromatic nitrogens is 1. The van der Waals surface area contributed by atoms with E-state index in [4.69, 9.17) is 14.2 Å². The number of aliphatic carboxylic acids is 1. The SMILES string of the molecule is CC(=O)c1cccc(Oc2cnc(NC(=O)[C@H](CC3CCOCC3)c3ccc(S(=O)(=O)C4CC4)cc3)s2)c1.O=C(O)[C@H](CC1CCOCC1)c1ccc(S(=O)(=O)C2CC2)cc1. The van der Waals surface area contributed by atoms with Crippen LogP contribution in [0.1, 0.15) is 104 Å². The lowest BCUT2D eigenvalue weighted by molar-refractivity contribution is -0.139. The average Bonchev–Trinajstić information content (AvgIpc) is 4.21. The van der Waals surface area contributed by atoms with Crippen molar-refractivity contribution in [2.24, 2.45) is 11.8 Å². The molecule has 16 heteroatoms. The van der Waals surface area contributed by atoms with Crippen LogP contribution < -0.4 is 10.1 Å². The number of nitrogens with zero attached hydrogens (tertiary/aromatic N) is 1. The van der Waals surface area contributed by atoms with E-state index in [0.29, 0.717) is 101 Å². The summed E-state index contributed by atoms with van der Waals surface area (Å²) in [5.74, 6) is -0.965. The Morgan fingerprint density at radius 2 is 1.23 bits per heavy atom. The van der Waals surface area contributed by atoms with Crippen LogP contribution in [0.4, 0.5) is 5.13 Å². The molecule has 326 valence electrons. The van der Waals surface area contributed by atoms with Crippen molar-refractivity contribution in [1.82, 2.24) is 4.98 Å². The van der Waals surface area contributed by atoms with E-state index in [1.807, 2.05) is 0 Å². The van der Waals surface area contributed by atoms with E-state index in [-0.39, 0.29) is 22.2 Å². The maximum atomic E-state index is 13.5. The van der Waals surface area contributed by atoms with Crippen LogP contribution in [0.5, 0.6) is 10.8 Å². The molecule has 3 aromatic carbocycles. The van der Waals surface area contributed by atoms with Gasteiger partial charge >= 0.3 is 5.97 Å². The van der Waals surface area contributed by atoms with Gasteiger partial charge in [0.15, 0.2) is 30.6 Å². The van der Waals surface area contributed by atoms with Crippen molar-refractivity contribution < 1.29 is 50.5 Å². The zero-order valence-electron chi connectivity index (χ0n) is 34.1. The van der Waals surface area contributed by atoms with Crippen LogP contribution in [0.25, 0.3) is 0 Å². The number of anilines is 1. The molecule has 0 bridgehead atoms. The van der Waals surface area contributed by atoms with Gasteiger partial charge in [0, 0.05) is 32.0 Å². The number of ether oxygens (including phenoxy) is 3. The molecule has 13 nitrogen and oxygen atoms in total. The predicted octanol–water partition coefficient (Wildman–Crippen LogP) is 8.22. The van der Waals surface area contributed by atoms with Gasteiger partial charge in [0.25, 0.3) is 0 Å². The van der Waals surface area contributed by atoms with Gasteiger partial charge in [-0.2, -0.15) is 0 Å². The molecule has 1 aromatic heterocycles. The van der Waals surface area contributed by atoms with Crippen molar-refractivity contribution >= 4 is 53.8 Å². The summed E-state index contributed by atoms with van der Waals surface area (Å²) in [5.41, 5.74) is 2.00. The van der Waals surface area contributed by atoms with Gasteiger partial charge in [-0.1, -0.05) is 47.7 Å². The number of Topliss-reactive ketones (excluding diaryl/α,β-unsaturated/α-hetero) is 1. The second-order valence-electron chi connectivity index (χ2n) is 16.3. The second kappa shape index (κ2) is 19.7. The summed E-state index contributed by atoms with van der Waals surface area (Å²) < 4.78 is 66.3. The van der Waals surface area contributed by atoms with Gasteiger partial charge in [0.2, 0.25) is 11.0 Å². The first-order chi connectivity index (χ1) is 29.3. The zero-order valence-corrected chi connectivity index (χ0v) is 36.5. The Kier molecular flexibility index (Phi) is 14.4. The maximum absolute atomic E-state index is 13.5. The van der Waals surface area contributed by atoms with Crippen molar-refractivity contribution in [1.29, 1.82) is 0 Å². The fraction of sp³-hybridized carbons (Fsp3) is 0.467. The molecule has 4 aliphatic rings. The Hall–Kier alpha value is -4.48. The third kappa shape index (κ3) is 11.7. The van der Waals surface area contributed by atoms with Gasteiger partial charge < -0.3 is 24.6 Å². The molecule has 0 unspecified atom stereocenters. The number of amides is 1. The van der Waals surface area contributed by atoms with E-state index in [9.17, 15) is 36.3 Å². The van der Waals surface area contributed by atoms with Crippen LogP contribution in [0.15, 0.2) is 88.8 Å². The molecular weight excluding hydrogens is 841 g/mol. The summed E-state index contributed by atoms with van der Waals surface area (Å²) in [6, 6.07) is 20.1. The van der Waals surface area contributed by atoms with Crippen LogP contribution in [0.2, 0.25) is 0 Å². The molecule has 4 aromatic rings. The Bertz CT molecular complexity index is 2380. The molecule has 2 saturated heterocycles. The molecule has 2 saturated carbocycles. The minimum atomic E-state index is -3.29. The predicted molar refractivity (Wildman–Crippen MR) is 230 cm³/mol. The van der Waals surface area contributed by atoms with Gasteiger partial charge in [-0.25, -0.2) is 21.8 Å². The molecule has 3 heterocycles. The number of thiazole rings is 1. The summed E-state index contributed by atoms with van der Waals surface area (Å²) >= 11 is 1.20. The lowest BCUT2D eigenvalue weighted by atomic mass is 9.84. The van der Waals surface area contributed by atoms with Gasteiger partial charge in [0.1, 0.15) is 5.75 Å². The minimum Gasteiger partial charge on any atom is -0.481 e. The number of carbonyl (C=O) groups is 3. The number of hydrogen-bond acceptors (Lipinski definition) is 12. The summed E-state index contributed by atoms with van der Waals surface area (Å²) in [4.78, 5) is 41.7. The van der Waals surface area contributed by atoms with Crippen LogP contribution in [-0.2, 0) is 38.7 Å². The lowest BCUT2D eigenvalue weighted by Gasteiger charge is -2.26. The number of carbonyl (C=O) groups excluding carboxylic acids is 2. The first-order valence-corrected chi connectivity index (χ1v) is 24.8. The van der Waals surface area contributed by atoms with Crippen LogP contribution in [0.3, 0.4) is 0 Å². The molecular formula is C45H52N2O11S3. The van der Waals surface area contributed by atoms with Crippen LogP contribution >= 0.6 is 11.3 Å².